The smallest absolute Gasteiger partial charge is 0.242 e. The number of imidazole rings is 1. The Bertz CT molecular complexity index is 1410. The number of aromatic nitrogens is 2. The molecule has 1 aliphatic heterocycles. The molecule has 11 heteroatoms. The summed E-state index contributed by atoms with van der Waals surface area (Å²) in [7, 11) is -4.25. The molecule has 2 N–H and O–H groups in total. The van der Waals surface area contributed by atoms with Gasteiger partial charge in [0, 0.05) is 32.9 Å². The number of benzene rings is 2. The third-order valence-corrected chi connectivity index (χ3v) is 8.74. The van der Waals surface area contributed by atoms with Crippen molar-refractivity contribution in [1.29, 1.82) is 0 Å². The van der Waals surface area contributed by atoms with Crippen LogP contribution >= 0.6 is 0 Å². The average molecular weight is 492 g/mol. The van der Waals surface area contributed by atoms with Gasteiger partial charge in [-0.2, -0.15) is 0 Å². The Balaban J connectivity index is 1.70. The van der Waals surface area contributed by atoms with Crippen molar-refractivity contribution in [2.75, 3.05) is 25.5 Å². The van der Waals surface area contributed by atoms with Crippen LogP contribution in [-0.4, -0.2) is 51.3 Å². The van der Waals surface area contributed by atoms with E-state index in [1.807, 2.05) is 6.07 Å². The fourth-order valence-electron chi connectivity index (χ4n) is 4.18. The Morgan fingerprint density at radius 2 is 1.79 bits per heavy atom. The van der Waals surface area contributed by atoms with Crippen molar-refractivity contribution < 1.29 is 16.8 Å². The summed E-state index contributed by atoms with van der Waals surface area (Å²) in [6.45, 7) is 4.18. The maximum Gasteiger partial charge on any atom is 0.242 e. The van der Waals surface area contributed by atoms with Gasteiger partial charge in [0.05, 0.1) is 27.4 Å². The second kappa shape index (κ2) is 8.71. The van der Waals surface area contributed by atoms with Gasteiger partial charge in [0.25, 0.3) is 0 Å². The van der Waals surface area contributed by atoms with Gasteiger partial charge in [-0.1, -0.05) is 13.3 Å². The number of anilines is 1. The molecular formula is C22H29N5O4S2. The number of primary sulfonamides is 1. The molecule has 0 spiro atoms. The fourth-order valence-corrected chi connectivity index (χ4v) is 5.66. The standard InChI is InChI=1S/C22H29N5O4S2/c1-4-5-11-27-21-9-6-17(32(23,28)29)14-19(21)24-22(27)15-26-12-10-16-13-18(7-8-20(16)26)33(30,31)25(2)3/h6-9,13-14H,4-5,10-12,15H2,1-3H3,(H2,23,28,29). The largest absolute Gasteiger partial charge is 0.363 e. The van der Waals surface area contributed by atoms with Crippen LogP contribution in [0.25, 0.3) is 11.0 Å². The minimum Gasteiger partial charge on any atom is -0.363 e. The van der Waals surface area contributed by atoms with E-state index in [0.717, 1.165) is 54.9 Å². The Hall–Kier alpha value is -2.47. The van der Waals surface area contributed by atoms with E-state index in [9.17, 15) is 16.8 Å². The van der Waals surface area contributed by atoms with Gasteiger partial charge in [-0.15, -0.1) is 0 Å². The maximum absolute atomic E-state index is 12.5. The third kappa shape index (κ3) is 4.50. The van der Waals surface area contributed by atoms with Gasteiger partial charge in [-0.25, -0.2) is 31.3 Å². The van der Waals surface area contributed by atoms with Gasteiger partial charge in [0.15, 0.2) is 0 Å². The van der Waals surface area contributed by atoms with Gasteiger partial charge in [0.1, 0.15) is 5.82 Å². The first-order valence-electron chi connectivity index (χ1n) is 10.8. The predicted octanol–water partition coefficient (Wildman–Crippen LogP) is 2.30. The summed E-state index contributed by atoms with van der Waals surface area (Å²) in [6.07, 6.45) is 2.73. The molecule has 0 saturated carbocycles. The Labute approximate surface area is 194 Å². The lowest BCUT2D eigenvalue weighted by atomic mass is 10.2. The molecule has 9 nitrogen and oxygen atoms in total. The summed E-state index contributed by atoms with van der Waals surface area (Å²) in [6, 6.07) is 10.1. The fraction of sp³-hybridized carbons (Fsp3) is 0.409. The zero-order chi connectivity index (χ0) is 24.0. The van der Waals surface area contributed by atoms with Crippen LogP contribution < -0.4 is 10.0 Å². The van der Waals surface area contributed by atoms with Crippen molar-refractivity contribution in [3.8, 4) is 0 Å². The number of fused-ring (bicyclic) bond motifs is 2. The minimum absolute atomic E-state index is 0.0443. The average Bonchev–Trinajstić information content (AvgIpc) is 3.31. The van der Waals surface area contributed by atoms with Crippen LogP contribution in [0.4, 0.5) is 5.69 Å². The molecule has 1 aromatic heterocycles. The molecule has 0 radical (unpaired) electrons. The van der Waals surface area contributed by atoms with E-state index >= 15 is 0 Å². The highest BCUT2D eigenvalue weighted by Gasteiger charge is 2.25. The molecular weight excluding hydrogens is 462 g/mol. The molecule has 0 aliphatic carbocycles. The predicted molar refractivity (Wildman–Crippen MR) is 128 cm³/mol. The van der Waals surface area contributed by atoms with E-state index in [1.54, 1.807) is 18.2 Å². The lowest BCUT2D eigenvalue weighted by molar-refractivity contribution is 0.520. The SMILES string of the molecule is CCCCn1c(CN2CCc3cc(S(=O)(=O)N(C)C)ccc32)nc2cc(S(N)(=O)=O)ccc21. The van der Waals surface area contributed by atoms with Crippen LogP contribution in [0.3, 0.4) is 0 Å². The topological polar surface area (TPSA) is 119 Å². The molecule has 0 fully saturated rings. The minimum atomic E-state index is -3.81. The number of aryl methyl sites for hydroxylation is 1. The highest BCUT2D eigenvalue weighted by molar-refractivity contribution is 7.89. The first-order valence-corrected chi connectivity index (χ1v) is 13.8. The van der Waals surface area contributed by atoms with Crippen molar-refractivity contribution >= 4 is 36.8 Å². The van der Waals surface area contributed by atoms with E-state index in [2.05, 4.69) is 16.4 Å². The molecule has 4 rings (SSSR count). The van der Waals surface area contributed by atoms with Gasteiger partial charge >= 0.3 is 0 Å². The molecule has 0 unspecified atom stereocenters. The number of nitrogens with zero attached hydrogens (tertiary/aromatic N) is 4. The van der Waals surface area contributed by atoms with Gasteiger partial charge in [-0.05, 0) is 54.8 Å². The number of nitrogens with two attached hydrogens (primary N) is 1. The summed E-state index contributed by atoms with van der Waals surface area (Å²) in [5.74, 6) is 0.836. The van der Waals surface area contributed by atoms with Gasteiger partial charge in [-0.3, -0.25) is 0 Å². The lowest BCUT2D eigenvalue weighted by Gasteiger charge is -2.20. The quantitative estimate of drug-likeness (QED) is 0.516. The van der Waals surface area contributed by atoms with Crippen LogP contribution in [-0.2, 0) is 39.6 Å². The second-order valence-electron chi connectivity index (χ2n) is 8.48. The summed E-state index contributed by atoms with van der Waals surface area (Å²) in [5.41, 5.74) is 3.45. The van der Waals surface area contributed by atoms with Crippen molar-refractivity contribution in [1.82, 2.24) is 13.9 Å². The molecule has 0 saturated heterocycles. The number of hydrogen-bond acceptors (Lipinski definition) is 6. The molecule has 33 heavy (non-hydrogen) atoms. The van der Waals surface area contributed by atoms with Crippen LogP contribution in [0, 0.1) is 0 Å². The molecule has 3 aromatic rings. The van der Waals surface area contributed by atoms with Crippen molar-refractivity contribution in [2.24, 2.45) is 5.14 Å². The summed E-state index contributed by atoms with van der Waals surface area (Å²) in [4.78, 5) is 7.28. The molecule has 2 heterocycles. The molecule has 0 bridgehead atoms. The Kier molecular flexibility index (Phi) is 6.25. The summed E-state index contributed by atoms with van der Waals surface area (Å²) >= 11 is 0. The number of sulfonamides is 2. The summed E-state index contributed by atoms with van der Waals surface area (Å²) < 4.78 is 51.9. The van der Waals surface area contributed by atoms with Crippen molar-refractivity contribution in [3.63, 3.8) is 0 Å². The van der Waals surface area contributed by atoms with Gasteiger partial charge < -0.3 is 9.47 Å². The Morgan fingerprint density at radius 3 is 2.45 bits per heavy atom. The summed E-state index contributed by atoms with van der Waals surface area (Å²) in [5, 5.41) is 5.30. The van der Waals surface area contributed by atoms with E-state index in [1.165, 1.54) is 30.5 Å². The zero-order valence-electron chi connectivity index (χ0n) is 19.0. The van der Waals surface area contributed by atoms with Crippen LogP contribution in [0.1, 0.15) is 31.2 Å². The normalized spacial score (nSPS) is 14.4. The van der Waals surface area contributed by atoms with E-state index in [4.69, 9.17) is 10.1 Å². The molecule has 0 amide bonds. The van der Waals surface area contributed by atoms with Crippen molar-refractivity contribution in [2.45, 2.75) is 49.1 Å². The zero-order valence-corrected chi connectivity index (χ0v) is 20.7. The third-order valence-electron chi connectivity index (χ3n) is 6.02. The second-order valence-corrected chi connectivity index (χ2v) is 12.2. The highest BCUT2D eigenvalue weighted by Crippen LogP contribution is 2.32. The van der Waals surface area contributed by atoms with E-state index in [0.29, 0.717) is 17.0 Å². The van der Waals surface area contributed by atoms with E-state index < -0.39 is 20.0 Å². The monoisotopic (exact) mass is 491 g/mol. The van der Waals surface area contributed by atoms with Crippen LogP contribution in [0.5, 0.6) is 0 Å². The van der Waals surface area contributed by atoms with Gasteiger partial charge in [0.2, 0.25) is 20.0 Å². The number of rotatable bonds is 8. The lowest BCUT2D eigenvalue weighted by Crippen LogP contribution is -2.23. The number of hydrogen-bond donors (Lipinski definition) is 1. The highest BCUT2D eigenvalue weighted by atomic mass is 32.2. The first kappa shape index (κ1) is 23.7. The van der Waals surface area contributed by atoms with Crippen LogP contribution in [0.15, 0.2) is 46.2 Å². The van der Waals surface area contributed by atoms with Crippen LogP contribution in [0.2, 0.25) is 0 Å². The molecule has 178 valence electrons. The molecule has 1 aliphatic rings. The Morgan fingerprint density at radius 1 is 1.06 bits per heavy atom. The maximum atomic E-state index is 12.5. The molecule has 2 aromatic carbocycles. The first-order chi connectivity index (χ1) is 15.5. The number of unbranched alkanes of at least 4 members (excludes halogenated alkanes) is 1. The van der Waals surface area contributed by atoms with E-state index in [-0.39, 0.29) is 4.90 Å². The molecule has 0 atom stereocenters. The van der Waals surface area contributed by atoms with Crippen molar-refractivity contribution in [3.05, 3.63) is 47.8 Å².